The van der Waals surface area contributed by atoms with Crippen molar-refractivity contribution in [2.24, 2.45) is 5.92 Å². The molecule has 1 N–H and O–H groups in total. The molecule has 0 heterocycles. The molecule has 1 rings (SSSR count). The summed E-state index contributed by atoms with van der Waals surface area (Å²) in [6.07, 6.45) is 4.73. The maximum absolute atomic E-state index is 11.2. The van der Waals surface area contributed by atoms with Gasteiger partial charge in [-0.1, -0.05) is 19.3 Å². The van der Waals surface area contributed by atoms with Crippen LogP contribution in [0.1, 0.15) is 32.1 Å². The minimum absolute atomic E-state index is 0.167. The molecule has 0 saturated heterocycles. The second-order valence-corrected chi connectivity index (χ2v) is 4.12. The van der Waals surface area contributed by atoms with Crippen molar-refractivity contribution in [3.8, 4) is 0 Å². The Bertz CT molecular complexity index is 176. The number of carbonyl (C=O) groups excluding carboxylic acids is 1. The van der Waals surface area contributed by atoms with E-state index in [1.54, 1.807) is 14.1 Å². The van der Waals surface area contributed by atoms with Gasteiger partial charge in [-0.2, -0.15) is 0 Å². The van der Waals surface area contributed by atoms with E-state index in [2.05, 4.69) is 0 Å². The molecule has 76 valence electrons. The summed E-state index contributed by atoms with van der Waals surface area (Å²) in [5, 5.41) is 9.47. The second kappa shape index (κ2) is 4.61. The number of hydrogen-bond donors (Lipinski definition) is 1. The first-order valence-corrected chi connectivity index (χ1v) is 5.00. The highest BCUT2D eigenvalue weighted by Crippen LogP contribution is 2.30. The van der Waals surface area contributed by atoms with Crippen molar-refractivity contribution in [3.05, 3.63) is 0 Å². The molecule has 0 bridgehead atoms. The quantitative estimate of drug-likeness (QED) is 0.710. The van der Waals surface area contributed by atoms with E-state index in [9.17, 15) is 9.90 Å². The third-order valence-corrected chi connectivity index (χ3v) is 2.80. The van der Waals surface area contributed by atoms with Crippen LogP contribution in [0, 0.1) is 5.92 Å². The van der Waals surface area contributed by atoms with Crippen LogP contribution in [0.15, 0.2) is 0 Å². The number of rotatable bonds is 4. The van der Waals surface area contributed by atoms with Gasteiger partial charge in [0.25, 0.3) is 5.91 Å². The lowest BCUT2D eigenvalue weighted by atomic mass is 9.81. The van der Waals surface area contributed by atoms with Crippen LogP contribution in [0.5, 0.6) is 0 Å². The standard InChI is InChI=1S/C10H19NO2/c1-11(2)10(13)9(12)7-6-8-4-3-5-8/h8-9,12H,3-7H2,1-2H3. The minimum Gasteiger partial charge on any atom is -0.383 e. The molecule has 3 nitrogen and oxygen atoms in total. The Morgan fingerprint density at radius 1 is 1.54 bits per heavy atom. The van der Waals surface area contributed by atoms with E-state index < -0.39 is 6.10 Å². The Morgan fingerprint density at radius 2 is 2.15 bits per heavy atom. The second-order valence-electron chi connectivity index (χ2n) is 4.12. The highest BCUT2D eigenvalue weighted by Gasteiger charge is 2.22. The number of aliphatic hydroxyl groups is 1. The average molecular weight is 185 g/mol. The summed E-state index contributed by atoms with van der Waals surface area (Å²) >= 11 is 0. The van der Waals surface area contributed by atoms with Gasteiger partial charge < -0.3 is 10.0 Å². The van der Waals surface area contributed by atoms with Gasteiger partial charge in [0.05, 0.1) is 0 Å². The minimum atomic E-state index is -0.782. The number of nitrogens with zero attached hydrogens (tertiary/aromatic N) is 1. The maximum atomic E-state index is 11.2. The first-order valence-electron chi connectivity index (χ1n) is 5.00. The molecule has 1 atom stereocenters. The smallest absolute Gasteiger partial charge is 0.250 e. The highest BCUT2D eigenvalue weighted by atomic mass is 16.3. The lowest BCUT2D eigenvalue weighted by Crippen LogP contribution is -2.34. The summed E-state index contributed by atoms with van der Waals surface area (Å²) in [6.45, 7) is 0. The molecule has 1 aliphatic carbocycles. The summed E-state index contributed by atoms with van der Waals surface area (Å²) in [5.74, 6) is 0.601. The number of aliphatic hydroxyl groups excluding tert-OH is 1. The molecule has 1 saturated carbocycles. The number of amides is 1. The Morgan fingerprint density at radius 3 is 2.54 bits per heavy atom. The van der Waals surface area contributed by atoms with Crippen LogP contribution >= 0.6 is 0 Å². The van der Waals surface area contributed by atoms with Crippen LogP contribution < -0.4 is 0 Å². The summed E-state index contributed by atoms with van der Waals surface area (Å²) in [5.41, 5.74) is 0. The zero-order valence-electron chi connectivity index (χ0n) is 8.49. The van der Waals surface area contributed by atoms with Gasteiger partial charge in [-0.05, 0) is 18.8 Å². The van der Waals surface area contributed by atoms with E-state index in [0.717, 1.165) is 12.3 Å². The molecule has 0 aromatic heterocycles. The predicted octanol–water partition coefficient (Wildman–Crippen LogP) is 1.02. The number of likely N-dealkylation sites (N-methyl/N-ethyl adjacent to an activating group) is 1. The molecule has 0 aromatic carbocycles. The van der Waals surface area contributed by atoms with Crippen LogP contribution in [0.25, 0.3) is 0 Å². The topological polar surface area (TPSA) is 40.5 Å². The van der Waals surface area contributed by atoms with Crippen LogP contribution in [-0.4, -0.2) is 36.1 Å². The van der Waals surface area contributed by atoms with Gasteiger partial charge in [0.15, 0.2) is 0 Å². The predicted molar refractivity (Wildman–Crippen MR) is 51.3 cm³/mol. The van der Waals surface area contributed by atoms with Crippen LogP contribution in [-0.2, 0) is 4.79 Å². The molecule has 1 unspecified atom stereocenters. The fourth-order valence-corrected chi connectivity index (χ4v) is 1.60. The van der Waals surface area contributed by atoms with Gasteiger partial charge in [-0.15, -0.1) is 0 Å². The van der Waals surface area contributed by atoms with Gasteiger partial charge in [0, 0.05) is 14.1 Å². The van der Waals surface area contributed by atoms with Crippen LogP contribution in [0.3, 0.4) is 0 Å². The van der Waals surface area contributed by atoms with E-state index >= 15 is 0 Å². The molecule has 1 fully saturated rings. The van der Waals surface area contributed by atoms with Crippen molar-refractivity contribution < 1.29 is 9.90 Å². The van der Waals surface area contributed by atoms with E-state index in [1.165, 1.54) is 24.2 Å². The van der Waals surface area contributed by atoms with Crippen LogP contribution in [0.2, 0.25) is 0 Å². The third-order valence-electron chi connectivity index (χ3n) is 2.80. The summed E-state index contributed by atoms with van der Waals surface area (Å²) in [4.78, 5) is 12.7. The molecular weight excluding hydrogens is 166 g/mol. The first kappa shape index (κ1) is 10.5. The normalized spacial score (nSPS) is 19.3. The largest absolute Gasteiger partial charge is 0.383 e. The van der Waals surface area contributed by atoms with Gasteiger partial charge in [0.1, 0.15) is 6.10 Å². The fourth-order valence-electron chi connectivity index (χ4n) is 1.60. The van der Waals surface area contributed by atoms with Crippen molar-refractivity contribution in [1.82, 2.24) is 4.90 Å². The van der Waals surface area contributed by atoms with Crippen molar-refractivity contribution in [2.45, 2.75) is 38.2 Å². The van der Waals surface area contributed by atoms with E-state index in [4.69, 9.17) is 0 Å². The Hall–Kier alpha value is -0.570. The maximum Gasteiger partial charge on any atom is 0.250 e. The van der Waals surface area contributed by atoms with Crippen molar-refractivity contribution >= 4 is 5.91 Å². The highest BCUT2D eigenvalue weighted by molar-refractivity contribution is 5.79. The average Bonchev–Trinajstić information content (AvgIpc) is 1.99. The molecule has 0 radical (unpaired) electrons. The molecule has 1 aliphatic rings. The lowest BCUT2D eigenvalue weighted by molar-refractivity contribution is -0.138. The third kappa shape index (κ3) is 2.99. The summed E-state index contributed by atoms with van der Waals surface area (Å²) in [7, 11) is 3.35. The number of hydrogen-bond acceptors (Lipinski definition) is 2. The molecule has 0 spiro atoms. The molecule has 13 heavy (non-hydrogen) atoms. The number of carbonyl (C=O) groups is 1. The molecule has 0 aromatic rings. The molecule has 3 heteroatoms. The SMILES string of the molecule is CN(C)C(=O)C(O)CCC1CCC1. The zero-order chi connectivity index (χ0) is 9.84. The van der Waals surface area contributed by atoms with E-state index in [-0.39, 0.29) is 5.91 Å². The van der Waals surface area contributed by atoms with Crippen LogP contribution in [0.4, 0.5) is 0 Å². The van der Waals surface area contributed by atoms with Gasteiger partial charge >= 0.3 is 0 Å². The monoisotopic (exact) mass is 185 g/mol. The van der Waals surface area contributed by atoms with E-state index in [1.807, 2.05) is 0 Å². The van der Waals surface area contributed by atoms with Crippen molar-refractivity contribution in [2.75, 3.05) is 14.1 Å². The zero-order valence-corrected chi connectivity index (χ0v) is 8.49. The lowest BCUT2D eigenvalue weighted by Gasteiger charge is -2.26. The fraction of sp³-hybridized carbons (Fsp3) is 0.900. The van der Waals surface area contributed by atoms with Gasteiger partial charge in [-0.3, -0.25) is 4.79 Å². The van der Waals surface area contributed by atoms with E-state index in [0.29, 0.717) is 6.42 Å². The molecular formula is C10H19NO2. The molecule has 0 aliphatic heterocycles. The summed E-state index contributed by atoms with van der Waals surface area (Å²) in [6, 6.07) is 0. The first-order chi connectivity index (χ1) is 6.11. The van der Waals surface area contributed by atoms with Crippen molar-refractivity contribution in [3.63, 3.8) is 0 Å². The Labute approximate surface area is 79.7 Å². The molecule has 1 amide bonds. The van der Waals surface area contributed by atoms with Gasteiger partial charge in [-0.25, -0.2) is 0 Å². The van der Waals surface area contributed by atoms with Crippen molar-refractivity contribution in [1.29, 1.82) is 0 Å². The summed E-state index contributed by atoms with van der Waals surface area (Å²) < 4.78 is 0. The van der Waals surface area contributed by atoms with Gasteiger partial charge in [0.2, 0.25) is 0 Å². The Balaban J connectivity index is 2.15. The Kier molecular flexibility index (Phi) is 3.72.